The van der Waals surface area contributed by atoms with Crippen molar-refractivity contribution in [2.24, 2.45) is 5.73 Å². The lowest BCUT2D eigenvalue weighted by atomic mass is 10.1. The monoisotopic (exact) mass is 189 g/mol. The first-order valence-electron chi connectivity index (χ1n) is 3.75. The lowest BCUT2D eigenvalue weighted by Gasteiger charge is -2.01. The van der Waals surface area contributed by atoms with E-state index in [1.807, 2.05) is 13.0 Å². The first-order chi connectivity index (χ1) is 5.27. The zero-order valence-corrected chi connectivity index (χ0v) is 7.83. The second kappa shape index (κ2) is 5.12. The number of halogens is 2. The summed E-state index contributed by atoms with van der Waals surface area (Å²) < 4.78 is 12.9. The molecule has 12 heavy (non-hydrogen) atoms. The largest absolute Gasteiger partial charge is 0.326 e. The number of rotatable bonds is 2. The summed E-state index contributed by atoms with van der Waals surface area (Å²) in [5.41, 5.74) is 7.13. The SMILES string of the molecule is CCc1cc(CN)ccc1F.Cl. The van der Waals surface area contributed by atoms with E-state index in [4.69, 9.17) is 5.73 Å². The van der Waals surface area contributed by atoms with Gasteiger partial charge in [0.2, 0.25) is 0 Å². The van der Waals surface area contributed by atoms with Crippen LogP contribution in [-0.2, 0) is 13.0 Å². The molecule has 1 aromatic rings. The Hall–Kier alpha value is -0.600. The van der Waals surface area contributed by atoms with Gasteiger partial charge in [0, 0.05) is 6.54 Å². The third kappa shape index (κ3) is 2.47. The predicted molar refractivity (Wildman–Crippen MR) is 50.9 cm³/mol. The average molecular weight is 190 g/mol. The fourth-order valence-corrected chi connectivity index (χ4v) is 1.03. The molecular weight excluding hydrogens is 177 g/mol. The van der Waals surface area contributed by atoms with Gasteiger partial charge in [-0.15, -0.1) is 12.4 Å². The van der Waals surface area contributed by atoms with Crippen molar-refractivity contribution < 1.29 is 4.39 Å². The van der Waals surface area contributed by atoms with Gasteiger partial charge in [-0.1, -0.05) is 19.1 Å². The summed E-state index contributed by atoms with van der Waals surface area (Å²) in [4.78, 5) is 0. The van der Waals surface area contributed by atoms with Gasteiger partial charge in [0.25, 0.3) is 0 Å². The molecule has 0 heterocycles. The average Bonchev–Trinajstić information content (AvgIpc) is 2.05. The topological polar surface area (TPSA) is 26.0 Å². The van der Waals surface area contributed by atoms with Gasteiger partial charge in [-0.3, -0.25) is 0 Å². The maximum absolute atomic E-state index is 12.9. The summed E-state index contributed by atoms with van der Waals surface area (Å²) in [5.74, 6) is -0.135. The molecule has 3 heteroatoms. The Morgan fingerprint density at radius 2 is 2.08 bits per heavy atom. The number of benzene rings is 1. The number of nitrogens with two attached hydrogens (primary N) is 1. The molecule has 1 aromatic carbocycles. The summed E-state index contributed by atoms with van der Waals surface area (Å²) in [5, 5.41) is 0. The van der Waals surface area contributed by atoms with E-state index in [0.29, 0.717) is 6.54 Å². The van der Waals surface area contributed by atoms with Crippen molar-refractivity contribution in [1.82, 2.24) is 0 Å². The molecule has 0 unspecified atom stereocenters. The van der Waals surface area contributed by atoms with E-state index < -0.39 is 0 Å². The highest BCUT2D eigenvalue weighted by Crippen LogP contribution is 2.10. The lowest BCUT2D eigenvalue weighted by Crippen LogP contribution is -1.98. The predicted octanol–water partition coefficient (Wildman–Crippen LogP) is 2.27. The minimum Gasteiger partial charge on any atom is -0.326 e. The van der Waals surface area contributed by atoms with Gasteiger partial charge in [0.1, 0.15) is 5.82 Å². The van der Waals surface area contributed by atoms with Crippen LogP contribution in [0.5, 0.6) is 0 Å². The molecule has 0 radical (unpaired) electrons. The Morgan fingerprint density at radius 3 is 2.58 bits per heavy atom. The minimum absolute atomic E-state index is 0. The molecule has 0 amide bonds. The Bertz CT molecular complexity index is 250. The highest BCUT2D eigenvalue weighted by Gasteiger charge is 1.99. The Balaban J connectivity index is 0.00000121. The van der Waals surface area contributed by atoms with E-state index in [9.17, 15) is 4.39 Å². The maximum atomic E-state index is 12.9. The molecule has 0 saturated carbocycles. The molecule has 0 aliphatic rings. The zero-order valence-electron chi connectivity index (χ0n) is 7.01. The van der Waals surface area contributed by atoms with E-state index in [1.54, 1.807) is 6.07 Å². The molecule has 1 nitrogen and oxygen atoms in total. The molecule has 0 saturated heterocycles. The van der Waals surface area contributed by atoms with Gasteiger partial charge in [-0.05, 0) is 23.6 Å². The van der Waals surface area contributed by atoms with Gasteiger partial charge in [-0.25, -0.2) is 4.39 Å². The van der Waals surface area contributed by atoms with Gasteiger partial charge < -0.3 is 5.73 Å². The smallest absolute Gasteiger partial charge is 0.126 e. The number of hydrogen-bond donors (Lipinski definition) is 1. The Labute approximate surface area is 78.2 Å². The van der Waals surface area contributed by atoms with Crippen molar-refractivity contribution in [3.63, 3.8) is 0 Å². The molecule has 0 aliphatic heterocycles. The number of aryl methyl sites for hydroxylation is 1. The standard InChI is InChI=1S/C9H12FN.ClH/c1-2-8-5-7(6-11)3-4-9(8)10;/h3-5H,2,6,11H2,1H3;1H. The third-order valence-electron chi connectivity index (χ3n) is 1.73. The van der Waals surface area contributed by atoms with Crippen LogP contribution in [0.2, 0.25) is 0 Å². The highest BCUT2D eigenvalue weighted by molar-refractivity contribution is 5.85. The molecule has 2 N–H and O–H groups in total. The van der Waals surface area contributed by atoms with E-state index >= 15 is 0 Å². The summed E-state index contributed by atoms with van der Waals surface area (Å²) in [7, 11) is 0. The second-order valence-corrected chi connectivity index (χ2v) is 2.48. The van der Waals surface area contributed by atoms with Crippen LogP contribution in [-0.4, -0.2) is 0 Å². The molecule has 0 aromatic heterocycles. The van der Waals surface area contributed by atoms with E-state index in [2.05, 4.69) is 0 Å². The summed E-state index contributed by atoms with van der Waals surface area (Å²) >= 11 is 0. The van der Waals surface area contributed by atoms with Gasteiger partial charge in [-0.2, -0.15) is 0 Å². The molecule has 0 bridgehead atoms. The normalized spacial score (nSPS) is 9.25. The molecule has 0 atom stereocenters. The molecule has 68 valence electrons. The molecular formula is C9H13ClFN. The molecule has 0 fully saturated rings. The third-order valence-corrected chi connectivity index (χ3v) is 1.73. The first-order valence-corrected chi connectivity index (χ1v) is 3.75. The quantitative estimate of drug-likeness (QED) is 0.759. The van der Waals surface area contributed by atoms with Crippen molar-refractivity contribution in [3.05, 3.63) is 35.1 Å². The summed E-state index contributed by atoms with van der Waals surface area (Å²) in [6.07, 6.45) is 0.722. The molecule has 0 aliphatic carbocycles. The van der Waals surface area contributed by atoms with Crippen LogP contribution in [0.25, 0.3) is 0 Å². The highest BCUT2D eigenvalue weighted by atomic mass is 35.5. The number of hydrogen-bond acceptors (Lipinski definition) is 1. The fourth-order valence-electron chi connectivity index (χ4n) is 1.03. The van der Waals surface area contributed by atoms with Crippen LogP contribution in [0, 0.1) is 5.82 Å². The maximum Gasteiger partial charge on any atom is 0.126 e. The van der Waals surface area contributed by atoms with Crippen LogP contribution in [0.3, 0.4) is 0 Å². The van der Waals surface area contributed by atoms with Crippen molar-refractivity contribution in [2.45, 2.75) is 19.9 Å². The van der Waals surface area contributed by atoms with Crippen LogP contribution in [0.15, 0.2) is 18.2 Å². The first kappa shape index (κ1) is 11.4. The second-order valence-electron chi connectivity index (χ2n) is 2.48. The van der Waals surface area contributed by atoms with Gasteiger partial charge >= 0.3 is 0 Å². The zero-order chi connectivity index (χ0) is 8.27. The summed E-state index contributed by atoms with van der Waals surface area (Å²) in [6.45, 7) is 2.41. The van der Waals surface area contributed by atoms with E-state index in [1.165, 1.54) is 6.07 Å². The van der Waals surface area contributed by atoms with Crippen molar-refractivity contribution in [2.75, 3.05) is 0 Å². The Kier molecular flexibility index (Phi) is 4.86. The van der Waals surface area contributed by atoms with Crippen molar-refractivity contribution in [3.8, 4) is 0 Å². The Morgan fingerprint density at radius 1 is 1.42 bits per heavy atom. The van der Waals surface area contributed by atoms with Crippen LogP contribution < -0.4 is 5.73 Å². The van der Waals surface area contributed by atoms with Gasteiger partial charge in [0.15, 0.2) is 0 Å². The van der Waals surface area contributed by atoms with Crippen LogP contribution >= 0.6 is 12.4 Å². The van der Waals surface area contributed by atoms with E-state index in [0.717, 1.165) is 17.5 Å². The summed E-state index contributed by atoms with van der Waals surface area (Å²) in [6, 6.07) is 5.00. The fraction of sp³-hybridized carbons (Fsp3) is 0.333. The van der Waals surface area contributed by atoms with Crippen LogP contribution in [0.1, 0.15) is 18.1 Å². The molecule has 1 rings (SSSR count). The van der Waals surface area contributed by atoms with Crippen LogP contribution in [0.4, 0.5) is 4.39 Å². The molecule has 0 spiro atoms. The van der Waals surface area contributed by atoms with E-state index in [-0.39, 0.29) is 18.2 Å². The van der Waals surface area contributed by atoms with Crippen molar-refractivity contribution >= 4 is 12.4 Å². The lowest BCUT2D eigenvalue weighted by molar-refractivity contribution is 0.611. The minimum atomic E-state index is -0.135. The van der Waals surface area contributed by atoms with Crippen molar-refractivity contribution in [1.29, 1.82) is 0 Å². The van der Waals surface area contributed by atoms with Gasteiger partial charge in [0.05, 0.1) is 0 Å².